The molecule has 1 aromatic rings. The van der Waals surface area contributed by atoms with Gasteiger partial charge < -0.3 is 10.1 Å². The molecule has 0 saturated heterocycles. The van der Waals surface area contributed by atoms with Gasteiger partial charge in [-0.05, 0) is 12.0 Å². The Balaban J connectivity index is 2.90. The molecule has 88 valence electrons. The topological polar surface area (TPSA) is 51.2 Å². The van der Waals surface area contributed by atoms with Gasteiger partial charge in [-0.1, -0.05) is 13.8 Å². The van der Waals surface area contributed by atoms with Crippen LogP contribution in [0.25, 0.3) is 0 Å². The van der Waals surface area contributed by atoms with E-state index in [1.165, 1.54) is 13.2 Å². The Morgan fingerprint density at radius 1 is 1.62 bits per heavy atom. The number of carbonyl (C=O) groups excluding carboxylic acids is 1. The standard InChI is InChI=1S/C11H15FN2O2/c1-7(2)9-4-8(12)5-13-11(9)14-10(15)6-16-3/h4-5,7H,6H2,1-3H3,(H,13,14,15). The molecule has 16 heavy (non-hydrogen) atoms. The lowest BCUT2D eigenvalue weighted by Crippen LogP contribution is -2.19. The van der Waals surface area contributed by atoms with E-state index in [-0.39, 0.29) is 18.4 Å². The average Bonchev–Trinajstić information content (AvgIpc) is 2.20. The van der Waals surface area contributed by atoms with Crippen molar-refractivity contribution in [2.75, 3.05) is 19.0 Å². The number of amides is 1. The number of nitrogens with zero attached hydrogens (tertiary/aromatic N) is 1. The van der Waals surface area contributed by atoms with Gasteiger partial charge in [0, 0.05) is 12.7 Å². The first kappa shape index (κ1) is 12.6. The second-order valence-electron chi connectivity index (χ2n) is 3.73. The summed E-state index contributed by atoms with van der Waals surface area (Å²) in [5.41, 5.74) is 0.671. The maximum Gasteiger partial charge on any atom is 0.251 e. The van der Waals surface area contributed by atoms with Crippen LogP contribution in [0.1, 0.15) is 25.3 Å². The lowest BCUT2D eigenvalue weighted by molar-refractivity contribution is -0.119. The Morgan fingerprint density at radius 3 is 2.88 bits per heavy atom. The molecule has 0 aromatic carbocycles. The van der Waals surface area contributed by atoms with Crippen molar-refractivity contribution in [2.45, 2.75) is 19.8 Å². The first-order valence-corrected chi connectivity index (χ1v) is 4.98. The predicted octanol–water partition coefficient (Wildman–Crippen LogP) is 1.93. The SMILES string of the molecule is COCC(=O)Nc1ncc(F)cc1C(C)C. The molecule has 1 N–H and O–H groups in total. The van der Waals surface area contributed by atoms with Crippen molar-refractivity contribution in [3.63, 3.8) is 0 Å². The van der Waals surface area contributed by atoms with Crippen LogP contribution in [0.5, 0.6) is 0 Å². The number of aromatic nitrogens is 1. The molecular formula is C11H15FN2O2. The molecule has 1 amide bonds. The van der Waals surface area contributed by atoms with E-state index in [2.05, 4.69) is 15.0 Å². The van der Waals surface area contributed by atoms with Crippen molar-refractivity contribution in [3.8, 4) is 0 Å². The number of pyridine rings is 1. The minimum absolute atomic E-state index is 0.0450. The largest absolute Gasteiger partial charge is 0.375 e. The number of halogens is 1. The number of ether oxygens (including phenoxy) is 1. The van der Waals surface area contributed by atoms with E-state index in [0.29, 0.717) is 11.4 Å². The molecule has 0 aliphatic carbocycles. The molecule has 0 spiro atoms. The second-order valence-corrected chi connectivity index (χ2v) is 3.73. The number of nitrogens with one attached hydrogen (secondary N) is 1. The van der Waals surface area contributed by atoms with E-state index in [0.717, 1.165) is 6.20 Å². The van der Waals surface area contributed by atoms with Gasteiger partial charge in [0.15, 0.2) is 0 Å². The quantitative estimate of drug-likeness (QED) is 0.853. The number of anilines is 1. The molecule has 0 radical (unpaired) electrons. The van der Waals surface area contributed by atoms with Gasteiger partial charge in [-0.15, -0.1) is 0 Å². The molecule has 0 saturated carbocycles. The molecule has 0 aliphatic rings. The molecule has 1 heterocycles. The molecule has 4 nitrogen and oxygen atoms in total. The lowest BCUT2D eigenvalue weighted by Gasteiger charge is -2.12. The van der Waals surface area contributed by atoms with Gasteiger partial charge in [-0.3, -0.25) is 4.79 Å². The Kier molecular flexibility index (Phi) is 4.37. The molecular weight excluding hydrogens is 211 g/mol. The molecule has 0 aliphatic heterocycles. The highest BCUT2D eigenvalue weighted by molar-refractivity contribution is 5.91. The van der Waals surface area contributed by atoms with E-state index < -0.39 is 5.82 Å². The second kappa shape index (κ2) is 5.55. The zero-order chi connectivity index (χ0) is 12.1. The van der Waals surface area contributed by atoms with Crippen LogP contribution in [0.15, 0.2) is 12.3 Å². The van der Waals surface area contributed by atoms with Gasteiger partial charge in [-0.2, -0.15) is 0 Å². The highest BCUT2D eigenvalue weighted by Crippen LogP contribution is 2.22. The normalized spacial score (nSPS) is 10.6. The summed E-state index contributed by atoms with van der Waals surface area (Å²) in [6.07, 6.45) is 1.08. The summed E-state index contributed by atoms with van der Waals surface area (Å²) in [7, 11) is 1.43. The highest BCUT2D eigenvalue weighted by atomic mass is 19.1. The number of carbonyl (C=O) groups is 1. The first-order chi connectivity index (χ1) is 7.54. The zero-order valence-corrected chi connectivity index (χ0v) is 9.58. The van der Waals surface area contributed by atoms with Crippen molar-refractivity contribution in [1.82, 2.24) is 4.98 Å². The van der Waals surface area contributed by atoms with Crippen molar-refractivity contribution in [2.24, 2.45) is 0 Å². The molecule has 0 fully saturated rings. The minimum atomic E-state index is -0.409. The highest BCUT2D eigenvalue weighted by Gasteiger charge is 2.11. The Hall–Kier alpha value is -1.49. The molecule has 0 bridgehead atoms. The monoisotopic (exact) mass is 226 g/mol. The van der Waals surface area contributed by atoms with Gasteiger partial charge in [0.2, 0.25) is 0 Å². The number of rotatable bonds is 4. The summed E-state index contributed by atoms with van der Waals surface area (Å²) < 4.78 is 17.7. The molecule has 1 aromatic heterocycles. The van der Waals surface area contributed by atoms with Crippen molar-refractivity contribution >= 4 is 11.7 Å². The van der Waals surface area contributed by atoms with Crippen LogP contribution in [0.4, 0.5) is 10.2 Å². The van der Waals surface area contributed by atoms with Crippen LogP contribution in [0, 0.1) is 5.82 Å². The minimum Gasteiger partial charge on any atom is -0.375 e. The fourth-order valence-corrected chi connectivity index (χ4v) is 1.30. The van der Waals surface area contributed by atoms with Gasteiger partial charge in [0.1, 0.15) is 18.2 Å². The zero-order valence-electron chi connectivity index (χ0n) is 9.58. The number of methoxy groups -OCH3 is 1. The van der Waals surface area contributed by atoms with Crippen LogP contribution >= 0.6 is 0 Å². The van der Waals surface area contributed by atoms with E-state index in [9.17, 15) is 9.18 Å². The van der Waals surface area contributed by atoms with Gasteiger partial charge in [0.25, 0.3) is 5.91 Å². The van der Waals surface area contributed by atoms with Gasteiger partial charge in [-0.25, -0.2) is 9.37 Å². The molecule has 0 unspecified atom stereocenters. The predicted molar refractivity (Wildman–Crippen MR) is 58.8 cm³/mol. The van der Waals surface area contributed by atoms with Crippen molar-refractivity contribution < 1.29 is 13.9 Å². The van der Waals surface area contributed by atoms with Crippen LogP contribution in [0.3, 0.4) is 0 Å². The number of hydrogen-bond donors (Lipinski definition) is 1. The lowest BCUT2D eigenvalue weighted by atomic mass is 10.0. The summed E-state index contributed by atoms with van der Waals surface area (Å²) in [6, 6.07) is 1.38. The van der Waals surface area contributed by atoms with E-state index in [4.69, 9.17) is 0 Å². The third-order valence-electron chi connectivity index (χ3n) is 2.04. The Bertz CT molecular complexity index is 380. The molecule has 0 atom stereocenters. The third kappa shape index (κ3) is 3.27. The molecule has 1 rings (SSSR count). The fourth-order valence-electron chi connectivity index (χ4n) is 1.30. The van der Waals surface area contributed by atoms with Crippen LogP contribution in [0.2, 0.25) is 0 Å². The smallest absolute Gasteiger partial charge is 0.251 e. The Morgan fingerprint density at radius 2 is 2.31 bits per heavy atom. The van der Waals surface area contributed by atoms with Crippen molar-refractivity contribution in [3.05, 3.63) is 23.6 Å². The summed E-state index contributed by atoms with van der Waals surface area (Å²) in [6.45, 7) is 3.77. The Labute approximate surface area is 93.8 Å². The molecule has 5 heteroatoms. The first-order valence-electron chi connectivity index (χ1n) is 4.98. The van der Waals surface area contributed by atoms with Crippen molar-refractivity contribution in [1.29, 1.82) is 0 Å². The maximum atomic E-state index is 13.0. The van der Waals surface area contributed by atoms with E-state index >= 15 is 0 Å². The van der Waals surface area contributed by atoms with Crippen LogP contribution in [-0.4, -0.2) is 24.6 Å². The van der Waals surface area contributed by atoms with Gasteiger partial charge in [0.05, 0.1) is 6.20 Å². The van der Waals surface area contributed by atoms with E-state index in [1.807, 2.05) is 13.8 Å². The summed E-state index contributed by atoms with van der Waals surface area (Å²) in [5, 5.41) is 2.58. The maximum absolute atomic E-state index is 13.0. The summed E-state index contributed by atoms with van der Waals surface area (Å²) in [4.78, 5) is 15.2. The third-order valence-corrected chi connectivity index (χ3v) is 2.04. The van der Waals surface area contributed by atoms with E-state index in [1.54, 1.807) is 0 Å². The van der Waals surface area contributed by atoms with Crippen LogP contribution < -0.4 is 5.32 Å². The number of hydrogen-bond acceptors (Lipinski definition) is 3. The van der Waals surface area contributed by atoms with Gasteiger partial charge >= 0.3 is 0 Å². The summed E-state index contributed by atoms with van der Waals surface area (Å²) >= 11 is 0. The fraction of sp³-hybridized carbons (Fsp3) is 0.455. The average molecular weight is 226 g/mol. The summed E-state index contributed by atoms with van der Waals surface area (Å²) in [5.74, 6) is -0.239. The van der Waals surface area contributed by atoms with Crippen LogP contribution in [-0.2, 0) is 9.53 Å².